The lowest BCUT2D eigenvalue weighted by atomic mass is 10.0. The van der Waals surface area contributed by atoms with Gasteiger partial charge < -0.3 is 10.1 Å². The van der Waals surface area contributed by atoms with Crippen LogP contribution in [0.4, 0.5) is 0 Å². The number of hydrogen-bond acceptors (Lipinski definition) is 3. The molecule has 0 fully saturated rings. The molecule has 0 saturated carbocycles. The first-order chi connectivity index (χ1) is 11.8. The van der Waals surface area contributed by atoms with Crippen molar-refractivity contribution in [3.05, 3.63) is 84.2 Å². The molecule has 0 radical (unpaired) electrons. The number of rotatable bonds is 6. The van der Waals surface area contributed by atoms with Crippen molar-refractivity contribution in [1.82, 2.24) is 10.3 Å². The summed E-state index contributed by atoms with van der Waals surface area (Å²) in [7, 11) is 1.71. The molecule has 0 amide bonds. The third-order valence-electron chi connectivity index (χ3n) is 4.14. The molecule has 24 heavy (non-hydrogen) atoms. The van der Waals surface area contributed by atoms with Crippen molar-refractivity contribution >= 4 is 0 Å². The van der Waals surface area contributed by atoms with E-state index in [9.17, 15) is 0 Å². The highest BCUT2D eigenvalue weighted by molar-refractivity contribution is 5.70. The summed E-state index contributed by atoms with van der Waals surface area (Å²) in [5, 5.41) is 3.55. The van der Waals surface area contributed by atoms with Crippen LogP contribution in [0.2, 0.25) is 0 Å². The van der Waals surface area contributed by atoms with Crippen LogP contribution in [0.1, 0.15) is 24.1 Å². The van der Waals surface area contributed by atoms with Crippen LogP contribution in [0, 0.1) is 0 Å². The maximum atomic E-state index is 5.47. The number of benzene rings is 2. The SMILES string of the molecule is COc1ccccc1-c1cccc(CNC(C)c2cccnc2)c1. The number of para-hydroxylation sites is 1. The van der Waals surface area contributed by atoms with Crippen LogP contribution in [-0.2, 0) is 6.54 Å². The molecule has 0 aliphatic rings. The van der Waals surface area contributed by atoms with Gasteiger partial charge in [0, 0.05) is 30.5 Å². The predicted molar refractivity (Wildman–Crippen MR) is 97.9 cm³/mol. The minimum Gasteiger partial charge on any atom is -0.496 e. The average molecular weight is 318 g/mol. The lowest BCUT2D eigenvalue weighted by Crippen LogP contribution is -2.18. The van der Waals surface area contributed by atoms with Crippen LogP contribution >= 0.6 is 0 Å². The monoisotopic (exact) mass is 318 g/mol. The van der Waals surface area contributed by atoms with E-state index in [1.807, 2.05) is 30.5 Å². The van der Waals surface area contributed by atoms with Gasteiger partial charge in [0.15, 0.2) is 0 Å². The molecule has 3 nitrogen and oxygen atoms in total. The lowest BCUT2D eigenvalue weighted by Gasteiger charge is -2.15. The van der Waals surface area contributed by atoms with Crippen molar-refractivity contribution in [1.29, 1.82) is 0 Å². The highest BCUT2D eigenvalue weighted by atomic mass is 16.5. The van der Waals surface area contributed by atoms with Gasteiger partial charge in [0.25, 0.3) is 0 Å². The third-order valence-corrected chi connectivity index (χ3v) is 4.14. The molecule has 3 heteroatoms. The fourth-order valence-corrected chi connectivity index (χ4v) is 2.75. The van der Waals surface area contributed by atoms with E-state index in [-0.39, 0.29) is 6.04 Å². The number of nitrogens with one attached hydrogen (secondary N) is 1. The van der Waals surface area contributed by atoms with E-state index in [0.29, 0.717) is 0 Å². The Labute approximate surface area is 143 Å². The van der Waals surface area contributed by atoms with Gasteiger partial charge in [-0.25, -0.2) is 0 Å². The lowest BCUT2D eigenvalue weighted by molar-refractivity contribution is 0.416. The molecule has 122 valence electrons. The second kappa shape index (κ2) is 7.75. The molecule has 1 aromatic heterocycles. The highest BCUT2D eigenvalue weighted by Crippen LogP contribution is 2.30. The normalized spacial score (nSPS) is 11.9. The van der Waals surface area contributed by atoms with Crippen LogP contribution in [0.5, 0.6) is 5.75 Å². The Bertz CT molecular complexity index is 787. The first-order valence-electron chi connectivity index (χ1n) is 8.13. The topological polar surface area (TPSA) is 34.1 Å². The first kappa shape index (κ1) is 16.2. The second-order valence-corrected chi connectivity index (χ2v) is 5.79. The molecule has 1 N–H and O–H groups in total. The third kappa shape index (κ3) is 3.81. The highest BCUT2D eigenvalue weighted by Gasteiger charge is 2.07. The van der Waals surface area contributed by atoms with Crippen molar-refractivity contribution in [3.8, 4) is 16.9 Å². The van der Waals surface area contributed by atoms with E-state index in [2.05, 4.69) is 53.6 Å². The minimum absolute atomic E-state index is 0.258. The molecule has 1 unspecified atom stereocenters. The number of pyridine rings is 1. The molecule has 2 aromatic carbocycles. The van der Waals surface area contributed by atoms with E-state index in [4.69, 9.17) is 4.74 Å². The van der Waals surface area contributed by atoms with Crippen molar-refractivity contribution in [2.45, 2.75) is 19.5 Å². The summed E-state index contributed by atoms with van der Waals surface area (Å²) >= 11 is 0. The Morgan fingerprint density at radius 3 is 2.71 bits per heavy atom. The fourth-order valence-electron chi connectivity index (χ4n) is 2.75. The molecule has 3 rings (SSSR count). The Kier molecular flexibility index (Phi) is 5.24. The molecule has 0 aliphatic heterocycles. The number of hydrogen-bond donors (Lipinski definition) is 1. The molecule has 0 spiro atoms. The van der Waals surface area contributed by atoms with E-state index in [1.165, 1.54) is 16.7 Å². The maximum Gasteiger partial charge on any atom is 0.126 e. The average Bonchev–Trinajstić information content (AvgIpc) is 2.67. The summed E-state index contributed by atoms with van der Waals surface area (Å²) in [6.45, 7) is 2.96. The predicted octanol–water partition coefficient (Wildman–Crippen LogP) is 4.61. The summed E-state index contributed by atoms with van der Waals surface area (Å²) in [6.07, 6.45) is 3.70. The molecular formula is C21H22N2O. The van der Waals surface area contributed by atoms with Crippen LogP contribution in [0.3, 0.4) is 0 Å². The Balaban J connectivity index is 1.74. The van der Waals surface area contributed by atoms with Crippen molar-refractivity contribution < 1.29 is 4.74 Å². The van der Waals surface area contributed by atoms with Gasteiger partial charge in [-0.15, -0.1) is 0 Å². The summed E-state index contributed by atoms with van der Waals surface area (Å²) < 4.78 is 5.47. The van der Waals surface area contributed by atoms with E-state index >= 15 is 0 Å². The molecule has 3 aromatic rings. The number of ether oxygens (including phenoxy) is 1. The largest absolute Gasteiger partial charge is 0.496 e. The second-order valence-electron chi connectivity index (χ2n) is 5.79. The zero-order valence-corrected chi connectivity index (χ0v) is 14.1. The zero-order valence-electron chi connectivity index (χ0n) is 14.1. The van der Waals surface area contributed by atoms with Crippen LogP contribution in [-0.4, -0.2) is 12.1 Å². The standard InChI is InChI=1S/C21H22N2O/c1-16(19-9-6-12-22-15-19)23-14-17-7-5-8-18(13-17)20-10-3-4-11-21(20)24-2/h3-13,15-16,23H,14H2,1-2H3. The maximum absolute atomic E-state index is 5.47. The zero-order chi connectivity index (χ0) is 16.8. The van der Waals surface area contributed by atoms with E-state index in [1.54, 1.807) is 13.3 Å². The van der Waals surface area contributed by atoms with Gasteiger partial charge in [-0.2, -0.15) is 0 Å². The van der Waals surface area contributed by atoms with Crippen LogP contribution in [0.15, 0.2) is 73.1 Å². The van der Waals surface area contributed by atoms with Crippen LogP contribution < -0.4 is 10.1 Å². The molecule has 1 atom stereocenters. The number of aromatic nitrogens is 1. The molecule has 0 saturated heterocycles. The van der Waals surface area contributed by atoms with Gasteiger partial charge >= 0.3 is 0 Å². The van der Waals surface area contributed by atoms with Crippen molar-refractivity contribution in [3.63, 3.8) is 0 Å². The number of methoxy groups -OCH3 is 1. The molecule has 1 heterocycles. The molecule has 0 bridgehead atoms. The minimum atomic E-state index is 0.258. The smallest absolute Gasteiger partial charge is 0.126 e. The summed E-state index contributed by atoms with van der Waals surface area (Å²) in [5.74, 6) is 0.895. The van der Waals surface area contributed by atoms with Gasteiger partial charge in [0.05, 0.1) is 7.11 Å². The molecular weight excluding hydrogens is 296 g/mol. The van der Waals surface area contributed by atoms with E-state index < -0.39 is 0 Å². The van der Waals surface area contributed by atoms with Gasteiger partial charge in [0.2, 0.25) is 0 Å². The number of nitrogens with zero attached hydrogens (tertiary/aromatic N) is 1. The van der Waals surface area contributed by atoms with Gasteiger partial charge in [0.1, 0.15) is 5.75 Å². The van der Waals surface area contributed by atoms with Crippen molar-refractivity contribution in [2.24, 2.45) is 0 Å². The summed E-state index contributed by atoms with van der Waals surface area (Å²) in [6, 6.07) is 21.0. The fraction of sp³-hybridized carbons (Fsp3) is 0.190. The van der Waals surface area contributed by atoms with E-state index in [0.717, 1.165) is 17.9 Å². The van der Waals surface area contributed by atoms with Gasteiger partial charge in [-0.3, -0.25) is 4.98 Å². The Morgan fingerprint density at radius 2 is 1.92 bits per heavy atom. The quantitative estimate of drug-likeness (QED) is 0.721. The summed E-state index contributed by atoms with van der Waals surface area (Å²) in [4.78, 5) is 4.18. The first-order valence-corrected chi connectivity index (χ1v) is 8.13. The van der Waals surface area contributed by atoms with Gasteiger partial charge in [-0.05, 0) is 41.8 Å². The van der Waals surface area contributed by atoms with Crippen molar-refractivity contribution in [2.75, 3.05) is 7.11 Å². The van der Waals surface area contributed by atoms with Crippen LogP contribution in [0.25, 0.3) is 11.1 Å². The van der Waals surface area contributed by atoms with Gasteiger partial charge in [-0.1, -0.05) is 42.5 Å². The Hall–Kier alpha value is -2.65. The molecule has 0 aliphatic carbocycles. The Morgan fingerprint density at radius 1 is 1.04 bits per heavy atom. The summed E-state index contributed by atoms with van der Waals surface area (Å²) in [5.41, 5.74) is 4.72.